The van der Waals surface area contributed by atoms with Crippen molar-refractivity contribution in [3.63, 3.8) is 0 Å². The fraction of sp³-hybridized carbons (Fsp3) is 0.375. The Labute approximate surface area is 192 Å². The quantitative estimate of drug-likeness (QED) is 0.522. The van der Waals surface area contributed by atoms with E-state index in [1.165, 1.54) is 4.90 Å². The molecule has 1 amide bonds. The maximum Gasteiger partial charge on any atom is 0.342 e. The number of anilines is 1. The van der Waals surface area contributed by atoms with Gasteiger partial charge >= 0.3 is 5.97 Å². The smallest absolute Gasteiger partial charge is 0.342 e. The van der Waals surface area contributed by atoms with Crippen LogP contribution in [-0.2, 0) is 14.3 Å². The summed E-state index contributed by atoms with van der Waals surface area (Å²) in [6, 6.07) is 13.9. The molecule has 2 aromatic rings. The van der Waals surface area contributed by atoms with Gasteiger partial charge in [-0.15, -0.1) is 0 Å². The Balaban J connectivity index is 1.65. The van der Waals surface area contributed by atoms with Crippen molar-refractivity contribution in [1.29, 1.82) is 5.26 Å². The first-order valence-corrected chi connectivity index (χ1v) is 10.8. The number of carbonyl (C=O) groups excluding carboxylic acids is 2. The highest BCUT2D eigenvalue weighted by Crippen LogP contribution is 2.24. The van der Waals surface area contributed by atoms with Crippen LogP contribution in [0.3, 0.4) is 0 Å². The number of ether oxygens (including phenoxy) is 3. The molecule has 1 aliphatic heterocycles. The molecule has 1 aliphatic rings. The van der Waals surface area contributed by atoms with Gasteiger partial charge in [0.2, 0.25) is 0 Å². The molecule has 1 unspecified atom stereocenters. The van der Waals surface area contributed by atoms with Crippen molar-refractivity contribution in [1.82, 2.24) is 0 Å². The van der Waals surface area contributed by atoms with Crippen molar-refractivity contribution in [2.45, 2.75) is 32.3 Å². The summed E-state index contributed by atoms with van der Waals surface area (Å²) in [6.07, 6.45) is 2.07. The second-order valence-electron chi connectivity index (χ2n) is 7.41. The van der Waals surface area contributed by atoms with E-state index in [1.54, 1.807) is 42.5 Å². The van der Waals surface area contributed by atoms with Gasteiger partial charge in [-0.05, 0) is 55.7 Å². The van der Waals surface area contributed by atoms with E-state index in [2.05, 4.69) is 0 Å². The minimum Gasteiger partial charge on any atom is -0.490 e. The molecular weight excluding hydrogens is 432 g/mol. The number of esters is 1. The highest BCUT2D eigenvalue weighted by molar-refractivity contribution is 6.31. The Morgan fingerprint density at radius 3 is 2.81 bits per heavy atom. The van der Waals surface area contributed by atoms with E-state index in [9.17, 15) is 9.59 Å². The lowest BCUT2D eigenvalue weighted by Gasteiger charge is -2.22. The number of benzene rings is 2. The SMILES string of the molecule is Cc1cc(N(CCC#N)C(=O)COC(=O)c2ccccc2OCC2CCCO2)ccc1Cl. The molecule has 0 bridgehead atoms. The Morgan fingerprint density at radius 2 is 2.09 bits per heavy atom. The molecule has 8 heteroatoms. The van der Waals surface area contributed by atoms with E-state index < -0.39 is 18.5 Å². The topological polar surface area (TPSA) is 88.9 Å². The number of aryl methyl sites for hydroxylation is 1. The second-order valence-corrected chi connectivity index (χ2v) is 7.81. The summed E-state index contributed by atoms with van der Waals surface area (Å²) < 4.78 is 16.6. The zero-order valence-corrected chi connectivity index (χ0v) is 18.6. The van der Waals surface area contributed by atoms with Gasteiger partial charge in [-0.2, -0.15) is 5.26 Å². The zero-order valence-electron chi connectivity index (χ0n) is 17.9. The normalized spacial score (nSPS) is 15.1. The molecule has 0 aliphatic carbocycles. The van der Waals surface area contributed by atoms with Crippen molar-refractivity contribution in [3.8, 4) is 11.8 Å². The summed E-state index contributed by atoms with van der Waals surface area (Å²) in [7, 11) is 0. The van der Waals surface area contributed by atoms with Crippen LogP contribution in [0.4, 0.5) is 5.69 Å². The van der Waals surface area contributed by atoms with E-state index in [-0.39, 0.29) is 24.6 Å². The van der Waals surface area contributed by atoms with E-state index >= 15 is 0 Å². The van der Waals surface area contributed by atoms with E-state index in [0.29, 0.717) is 23.1 Å². The van der Waals surface area contributed by atoms with Gasteiger partial charge in [-0.25, -0.2) is 4.79 Å². The van der Waals surface area contributed by atoms with Crippen LogP contribution >= 0.6 is 11.6 Å². The molecule has 0 radical (unpaired) electrons. The summed E-state index contributed by atoms with van der Waals surface area (Å²) in [5, 5.41) is 9.53. The minimum absolute atomic E-state index is 0.0113. The first-order chi connectivity index (χ1) is 15.5. The second kappa shape index (κ2) is 11.5. The molecule has 1 heterocycles. The molecule has 32 heavy (non-hydrogen) atoms. The number of hydrogen-bond acceptors (Lipinski definition) is 6. The van der Waals surface area contributed by atoms with Crippen LogP contribution in [0.25, 0.3) is 0 Å². The Kier molecular flexibility index (Phi) is 8.48. The summed E-state index contributed by atoms with van der Waals surface area (Å²) in [4.78, 5) is 26.9. The summed E-state index contributed by atoms with van der Waals surface area (Å²) >= 11 is 6.08. The van der Waals surface area contributed by atoms with Gasteiger partial charge in [0.05, 0.1) is 18.6 Å². The maximum absolute atomic E-state index is 12.8. The number of carbonyl (C=O) groups is 2. The molecule has 168 valence electrons. The van der Waals surface area contributed by atoms with Crippen LogP contribution in [-0.4, -0.2) is 44.3 Å². The lowest BCUT2D eigenvalue weighted by atomic mass is 10.2. The van der Waals surface area contributed by atoms with Crippen molar-refractivity contribution in [2.75, 3.05) is 31.3 Å². The first-order valence-electron chi connectivity index (χ1n) is 10.4. The summed E-state index contributed by atoms with van der Waals surface area (Å²) in [6.45, 7) is 2.60. The molecule has 0 aromatic heterocycles. The summed E-state index contributed by atoms with van der Waals surface area (Å²) in [5.41, 5.74) is 1.63. The lowest BCUT2D eigenvalue weighted by Crippen LogP contribution is -2.35. The summed E-state index contributed by atoms with van der Waals surface area (Å²) in [5.74, 6) is -0.711. The molecule has 0 spiro atoms. The van der Waals surface area contributed by atoms with Gasteiger partial charge in [-0.1, -0.05) is 23.7 Å². The molecule has 0 N–H and O–H groups in total. The standard InChI is InChI=1S/C24H25ClN2O5/c1-17-14-18(9-10-21(17)25)27(12-5-11-26)23(28)16-32-24(29)20-7-2-3-8-22(20)31-15-19-6-4-13-30-19/h2-3,7-10,14,19H,4-6,12-13,15-16H2,1H3. The molecular formula is C24H25ClN2O5. The van der Waals surface area contributed by atoms with Crippen LogP contribution < -0.4 is 9.64 Å². The fourth-order valence-electron chi connectivity index (χ4n) is 3.36. The van der Waals surface area contributed by atoms with Crippen molar-refractivity contribution < 1.29 is 23.8 Å². The Morgan fingerprint density at radius 1 is 1.28 bits per heavy atom. The maximum atomic E-state index is 12.8. The molecule has 7 nitrogen and oxygen atoms in total. The predicted octanol–water partition coefficient (Wildman–Crippen LogP) is 4.31. The van der Waals surface area contributed by atoms with Gasteiger partial charge in [0, 0.05) is 23.9 Å². The number of amides is 1. The number of halogens is 1. The van der Waals surface area contributed by atoms with Gasteiger partial charge in [0.15, 0.2) is 6.61 Å². The highest BCUT2D eigenvalue weighted by atomic mass is 35.5. The number of nitrogens with zero attached hydrogens (tertiary/aromatic N) is 2. The Hall–Kier alpha value is -3.08. The average molecular weight is 457 g/mol. The van der Waals surface area contributed by atoms with E-state index in [1.807, 2.05) is 13.0 Å². The van der Waals surface area contributed by atoms with E-state index in [4.69, 9.17) is 31.1 Å². The van der Waals surface area contributed by atoms with Crippen LogP contribution in [0, 0.1) is 18.3 Å². The third kappa shape index (κ3) is 6.22. The molecule has 2 aromatic carbocycles. The van der Waals surface area contributed by atoms with Gasteiger partial charge in [0.1, 0.15) is 17.9 Å². The number of hydrogen-bond donors (Lipinski definition) is 0. The zero-order chi connectivity index (χ0) is 22.9. The molecule has 3 rings (SSSR count). The third-order valence-corrected chi connectivity index (χ3v) is 5.51. The van der Waals surface area contributed by atoms with Gasteiger partial charge in [-0.3, -0.25) is 4.79 Å². The molecule has 1 saturated heterocycles. The number of rotatable bonds is 9. The monoisotopic (exact) mass is 456 g/mol. The third-order valence-electron chi connectivity index (χ3n) is 5.08. The van der Waals surface area contributed by atoms with Crippen LogP contribution in [0.15, 0.2) is 42.5 Å². The molecule has 0 saturated carbocycles. The first kappa shape index (κ1) is 23.6. The van der Waals surface area contributed by atoms with Crippen molar-refractivity contribution in [3.05, 3.63) is 58.6 Å². The molecule has 1 atom stereocenters. The van der Waals surface area contributed by atoms with E-state index in [0.717, 1.165) is 25.0 Å². The number of nitriles is 1. The average Bonchev–Trinajstić information content (AvgIpc) is 3.32. The number of para-hydroxylation sites is 1. The van der Waals surface area contributed by atoms with Gasteiger partial charge in [0.25, 0.3) is 5.91 Å². The van der Waals surface area contributed by atoms with Crippen molar-refractivity contribution in [2.24, 2.45) is 0 Å². The van der Waals surface area contributed by atoms with Crippen LogP contribution in [0.1, 0.15) is 35.2 Å². The van der Waals surface area contributed by atoms with Crippen LogP contribution in [0.5, 0.6) is 5.75 Å². The predicted molar refractivity (Wildman–Crippen MR) is 120 cm³/mol. The van der Waals surface area contributed by atoms with Crippen molar-refractivity contribution >= 4 is 29.2 Å². The highest BCUT2D eigenvalue weighted by Gasteiger charge is 2.22. The molecule has 1 fully saturated rings. The minimum atomic E-state index is -0.659. The van der Waals surface area contributed by atoms with Crippen LogP contribution in [0.2, 0.25) is 5.02 Å². The lowest BCUT2D eigenvalue weighted by molar-refractivity contribution is -0.121. The largest absolute Gasteiger partial charge is 0.490 e. The van der Waals surface area contributed by atoms with Gasteiger partial charge < -0.3 is 19.1 Å². The fourth-order valence-corrected chi connectivity index (χ4v) is 3.48. The Bertz CT molecular complexity index is 998.